The lowest BCUT2D eigenvalue weighted by Gasteiger charge is -2.11. The second kappa shape index (κ2) is 3.95. The van der Waals surface area contributed by atoms with E-state index in [1.807, 2.05) is 38.2 Å². The van der Waals surface area contributed by atoms with Crippen molar-refractivity contribution in [3.63, 3.8) is 0 Å². The van der Waals surface area contributed by atoms with E-state index < -0.39 is 0 Å². The summed E-state index contributed by atoms with van der Waals surface area (Å²) in [5, 5.41) is 1.11. The van der Waals surface area contributed by atoms with Gasteiger partial charge in [-0.2, -0.15) is 0 Å². The van der Waals surface area contributed by atoms with Gasteiger partial charge in [0, 0.05) is 23.6 Å². The van der Waals surface area contributed by atoms with Crippen molar-refractivity contribution < 1.29 is 4.74 Å². The maximum atomic E-state index is 5.75. The topological polar surface area (TPSA) is 51.0 Å². The normalized spacial score (nSPS) is 11.2. The zero-order valence-corrected chi connectivity index (χ0v) is 9.08. The first kappa shape index (κ1) is 10.1. The predicted octanol–water partition coefficient (Wildman–Crippen LogP) is 2.41. The van der Waals surface area contributed by atoms with Crippen molar-refractivity contribution in [2.45, 2.75) is 26.5 Å². The van der Waals surface area contributed by atoms with Gasteiger partial charge >= 0.3 is 0 Å². The number of rotatable bonds is 3. The molecule has 1 heterocycles. The van der Waals surface area contributed by atoms with Crippen LogP contribution in [0, 0.1) is 0 Å². The monoisotopic (exact) mass is 204 g/mol. The number of benzene rings is 1. The molecule has 1 aromatic heterocycles. The summed E-state index contributed by atoms with van der Waals surface area (Å²) in [7, 11) is 0. The molecule has 80 valence electrons. The molecule has 3 N–H and O–H groups in total. The van der Waals surface area contributed by atoms with Gasteiger partial charge in [0.1, 0.15) is 5.75 Å². The minimum absolute atomic E-state index is 0.177. The van der Waals surface area contributed by atoms with E-state index in [4.69, 9.17) is 10.5 Å². The van der Waals surface area contributed by atoms with Crippen LogP contribution in [0.2, 0.25) is 0 Å². The largest absolute Gasteiger partial charge is 0.490 e. The molecular formula is C12H16N2O. The smallest absolute Gasteiger partial charge is 0.129 e. The van der Waals surface area contributed by atoms with Gasteiger partial charge in [0.15, 0.2) is 0 Å². The number of ether oxygens (including phenoxy) is 1. The van der Waals surface area contributed by atoms with Crippen LogP contribution in [0.15, 0.2) is 24.4 Å². The summed E-state index contributed by atoms with van der Waals surface area (Å²) in [5.41, 5.74) is 7.86. The van der Waals surface area contributed by atoms with E-state index in [0.717, 1.165) is 22.2 Å². The molecule has 0 amide bonds. The Bertz CT molecular complexity index is 460. The molecule has 3 heteroatoms. The Labute approximate surface area is 89.2 Å². The van der Waals surface area contributed by atoms with Crippen LogP contribution in [-0.2, 0) is 6.54 Å². The van der Waals surface area contributed by atoms with Crippen molar-refractivity contribution in [3.05, 3.63) is 30.0 Å². The lowest BCUT2D eigenvalue weighted by molar-refractivity contribution is 0.245. The summed E-state index contributed by atoms with van der Waals surface area (Å²) in [5.74, 6) is 0.907. The number of aromatic nitrogens is 1. The molecule has 0 bridgehead atoms. The fourth-order valence-electron chi connectivity index (χ4n) is 1.73. The third kappa shape index (κ3) is 1.83. The Kier molecular flexibility index (Phi) is 2.64. The minimum Gasteiger partial charge on any atom is -0.490 e. The van der Waals surface area contributed by atoms with Crippen molar-refractivity contribution >= 4 is 10.9 Å². The summed E-state index contributed by atoms with van der Waals surface area (Å²) in [6.45, 7) is 4.57. The summed E-state index contributed by atoms with van der Waals surface area (Å²) in [6, 6.07) is 5.99. The molecule has 2 aromatic rings. The number of aromatic amines is 1. The van der Waals surface area contributed by atoms with Gasteiger partial charge in [-0.1, -0.05) is 6.07 Å². The van der Waals surface area contributed by atoms with Crippen molar-refractivity contribution in [2.75, 3.05) is 0 Å². The van der Waals surface area contributed by atoms with Gasteiger partial charge in [-0.05, 0) is 31.5 Å². The first-order valence-corrected chi connectivity index (χ1v) is 5.18. The molecule has 2 rings (SSSR count). The van der Waals surface area contributed by atoms with Crippen LogP contribution in [0.3, 0.4) is 0 Å². The van der Waals surface area contributed by atoms with Gasteiger partial charge < -0.3 is 15.5 Å². The van der Waals surface area contributed by atoms with Crippen molar-refractivity contribution in [3.8, 4) is 5.75 Å². The zero-order chi connectivity index (χ0) is 10.8. The zero-order valence-electron chi connectivity index (χ0n) is 9.08. The van der Waals surface area contributed by atoms with E-state index in [2.05, 4.69) is 4.98 Å². The number of hydrogen-bond acceptors (Lipinski definition) is 2. The molecule has 3 nitrogen and oxygen atoms in total. The Morgan fingerprint density at radius 1 is 1.40 bits per heavy atom. The molecule has 0 atom stereocenters. The van der Waals surface area contributed by atoms with Crippen LogP contribution in [0.1, 0.15) is 19.4 Å². The van der Waals surface area contributed by atoms with Gasteiger partial charge in [-0.15, -0.1) is 0 Å². The van der Waals surface area contributed by atoms with Gasteiger partial charge in [0.2, 0.25) is 0 Å². The second-order valence-electron chi connectivity index (χ2n) is 3.86. The molecular weight excluding hydrogens is 188 g/mol. The molecule has 0 aliphatic heterocycles. The summed E-state index contributed by atoms with van der Waals surface area (Å²) >= 11 is 0. The summed E-state index contributed by atoms with van der Waals surface area (Å²) < 4.78 is 5.75. The molecule has 15 heavy (non-hydrogen) atoms. The van der Waals surface area contributed by atoms with E-state index in [1.165, 1.54) is 0 Å². The van der Waals surface area contributed by atoms with Gasteiger partial charge in [-0.25, -0.2) is 0 Å². The summed E-state index contributed by atoms with van der Waals surface area (Å²) in [4.78, 5) is 3.19. The third-order valence-electron chi connectivity index (χ3n) is 2.33. The molecule has 0 aliphatic rings. The van der Waals surface area contributed by atoms with Crippen molar-refractivity contribution in [1.82, 2.24) is 4.98 Å². The average Bonchev–Trinajstić information content (AvgIpc) is 2.61. The van der Waals surface area contributed by atoms with Crippen molar-refractivity contribution in [2.24, 2.45) is 5.73 Å². The first-order chi connectivity index (χ1) is 7.22. The molecule has 0 fully saturated rings. The van der Waals surface area contributed by atoms with Gasteiger partial charge in [0.25, 0.3) is 0 Å². The lowest BCUT2D eigenvalue weighted by atomic mass is 10.1. The number of hydrogen-bond donors (Lipinski definition) is 2. The Balaban J connectivity index is 2.56. The third-order valence-corrected chi connectivity index (χ3v) is 2.33. The Morgan fingerprint density at radius 3 is 2.87 bits per heavy atom. The molecule has 0 spiro atoms. The SMILES string of the molecule is CC(C)Oc1cccc2[nH]cc(CN)c12. The number of nitrogens with one attached hydrogen (secondary N) is 1. The standard InChI is InChI=1S/C12H16N2O/c1-8(2)15-11-5-3-4-10-12(11)9(6-13)7-14-10/h3-5,7-8,14H,6,13H2,1-2H3. The molecule has 0 saturated carbocycles. The number of nitrogens with two attached hydrogens (primary N) is 1. The van der Waals surface area contributed by atoms with Crippen LogP contribution in [0.5, 0.6) is 5.75 Å². The van der Waals surface area contributed by atoms with E-state index >= 15 is 0 Å². The Morgan fingerprint density at radius 2 is 2.20 bits per heavy atom. The number of H-pyrrole nitrogens is 1. The second-order valence-corrected chi connectivity index (χ2v) is 3.86. The van der Waals surface area contributed by atoms with Crippen LogP contribution in [-0.4, -0.2) is 11.1 Å². The average molecular weight is 204 g/mol. The molecule has 0 saturated heterocycles. The van der Waals surface area contributed by atoms with Crippen LogP contribution >= 0.6 is 0 Å². The van der Waals surface area contributed by atoms with E-state index in [1.54, 1.807) is 0 Å². The maximum Gasteiger partial charge on any atom is 0.129 e. The molecule has 0 radical (unpaired) electrons. The first-order valence-electron chi connectivity index (χ1n) is 5.18. The summed E-state index contributed by atoms with van der Waals surface area (Å²) in [6.07, 6.45) is 2.12. The highest BCUT2D eigenvalue weighted by Gasteiger charge is 2.09. The molecule has 1 aromatic carbocycles. The van der Waals surface area contributed by atoms with E-state index in [9.17, 15) is 0 Å². The lowest BCUT2D eigenvalue weighted by Crippen LogP contribution is -2.06. The van der Waals surface area contributed by atoms with Crippen molar-refractivity contribution in [1.29, 1.82) is 0 Å². The van der Waals surface area contributed by atoms with Crippen LogP contribution in [0.4, 0.5) is 0 Å². The van der Waals surface area contributed by atoms with Gasteiger partial charge in [-0.3, -0.25) is 0 Å². The maximum absolute atomic E-state index is 5.75. The fraction of sp³-hybridized carbons (Fsp3) is 0.333. The van der Waals surface area contributed by atoms with Gasteiger partial charge in [0.05, 0.1) is 6.10 Å². The Hall–Kier alpha value is -1.48. The molecule has 0 unspecified atom stereocenters. The highest BCUT2D eigenvalue weighted by molar-refractivity contribution is 5.89. The van der Waals surface area contributed by atoms with E-state index in [0.29, 0.717) is 6.54 Å². The number of fused-ring (bicyclic) bond motifs is 1. The predicted molar refractivity (Wildman–Crippen MR) is 62.0 cm³/mol. The minimum atomic E-state index is 0.177. The highest BCUT2D eigenvalue weighted by Crippen LogP contribution is 2.29. The van der Waals surface area contributed by atoms with Crippen LogP contribution < -0.4 is 10.5 Å². The highest BCUT2D eigenvalue weighted by atomic mass is 16.5. The fourth-order valence-corrected chi connectivity index (χ4v) is 1.73. The molecule has 0 aliphatic carbocycles. The van der Waals surface area contributed by atoms with E-state index in [-0.39, 0.29) is 6.10 Å². The quantitative estimate of drug-likeness (QED) is 0.806. The van der Waals surface area contributed by atoms with Crippen LogP contribution in [0.25, 0.3) is 10.9 Å².